The molecule has 1 aliphatic heterocycles. The first kappa shape index (κ1) is 24.9. The molecule has 0 unspecified atom stereocenters. The zero-order chi connectivity index (χ0) is 23.5. The largest absolute Gasteiger partial charge is 0.467 e. The molecule has 2 aromatic rings. The van der Waals surface area contributed by atoms with Crippen LogP contribution in [0.3, 0.4) is 0 Å². The van der Waals surface area contributed by atoms with Gasteiger partial charge in [-0.15, -0.1) is 0 Å². The molecule has 0 spiro atoms. The van der Waals surface area contributed by atoms with Crippen LogP contribution in [-0.4, -0.2) is 72.5 Å². The molecular formula is C25H34FN3O4. The van der Waals surface area contributed by atoms with Crippen LogP contribution < -0.4 is 0 Å². The van der Waals surface area contributed by atoms with Gasteiger partial charge in [-0.3, -0.25) is 14.5 Å². The van der Waals surface area contributed by atoms with E-state index in [2.05, 4.69) is 4.90 Å². The van der Waals surface area contributed by atoms with Gasteiger partial charge in [-0.05, 0) is 42.7 Å². The van der Waals surface area contributed by atoms with E-state index in [0.717, 1.165) is 51.3 Å². The molecule has 0 radical (unpaired) electrons. The molecule has 0 N–H and O–H groups in total. The van der Waals surface area contributed by atoms with Crippen molar-refractivity contribution in [2.24, 2.45) is 0 Å². The lowest BCUT2D eigenvalue weighted by Crippen LogP contribution is -2.44. The normalized spacial score (nSPS) is 14.2. The second-order valence-corrected chi connectivity index (χ2v) is 8.33. The van der Waals surface area contributed by atoms with E-state index in [-0.39, 0.29) is 30.7 Å². The quantitative estimate of drug-likeness (QED) is 0.487. The number of halogens is 1. The summed E-state index contributed by atoms with van der Waals surface area (Å²) in [7, 11) is 0. The fraction of sp³-hybridized carbons (Fsp3) is 0.520. The summed E-state index contributed by atoms with van der Waals surface area (Å²) >= 11 is 0. The van der Waals surface area contributed by atoms with Crippen molar-refractivity contribution in [2.45, 2.75) is 39.3 Å². The smallest absolute Gasteiger partial charge is 0.242 e. The summed E-state index contributed by atoms with van der Waals surface area (Å²) in [6, 6.07) is 9.69. The number of nitrogens with zero attached hydrogens (tertiary/aromatic N) is 3. The Balaban J connectivity index is 1.64. The van der Waals surface area contributed by atoms with Gasteiger partial charge in [0.15, 0.2) is 0 Å². The number of amides is 2. The maximum Gasteiger partial charge on any atom is 0.242 e. The zero-order valence-electron chi connectivity index (χ0n) is 19.4. The lowest BCUT2D eigenvalue weighted by atomic mass is 10.2. The summed E-state index contributed by atoms with van der Waals surface area (Å²) in [5.74, 6) is 0.169. The number of morpholine rings is 1. The third-order valence-electron chi connectivity index (χ3n) is 5.71. The third kappa shape index (κ3) is 8.29. The molecule has 0 bridgehead atoms. The van der Waals surface area contributed by atoms with Crippen molar-refractivity contribution >= 4 is 11.8 Å². The van der Waals surface area contributed by atoms with Crippen molar-refractivity contribution in [1.82, 2.24) is 14.7 Å². The van der Waals surface area contributed by atoms with E-state index in [4.69, 9.17) is 9.15 Å². The Labute approximate surface area is 195 Å². The number of carbonyl (C=O) groups is 2. The van der Waals surface area contributed by atoms with Crippen molar-refractivity contribution in [1.29, 1.82) is 0 Å². The van der Waals surface area contributed by atoms with Crippen molar-refractivity contribution in [2.75, 3.05) is 45.9 Å². The van der Waals surface area contributed by atoms with E-state index in [1.54, 1.807) is 34.3 Å². The Hall–Kier alpha value is -2.71. The number of hydrogen-bond donors (Lipinski definition) is 0. The average molecular weight is 460 g/mol. The van der Waals surface area contributed by atoms with Gasteiger partial charge >= 0.3 is 0 Å². The maximum absolute atomic E-state index is 13.3. The van der Waals surface area contributed by atoms with Crippen LogP contribution in [-0.2, 0) is 27.4 Å². The molecule has 0 atom stereocenters. The SMILES string of the molecule is CCCC(=O)N(CCCN1CCOCC1)CC(=O)N(Cc1ccc(F)cc1)Cc1ccco1. The van der Waals surface area contributed by atoms with Crippen molar-refractivity contribution in [3.8, 4) is 0 Å². The van der Waals surface area contributed by atoms with Crippen LogP contribution in [0.25, 0.3) is 0 Å². The van der Waals surface area contributed by atoms with Gasteiger partial charge in [0.25, 0.3) is 0 Å². The van der Waals surface area contributed by atoms with E-state index < -0.39 is 0 Å². The number of furan rings is 1. The monoisotopic (exact) mass is 459 g/mol. The van der Waals surface area contributed by atoms with Crippen LogP contribution in [0.1, 0.15) is 37.5 Å². The van der Waals surface area contributed by atoms with Gasteiger partial charge in [-0.1, -0.05) is 19.1 Å². The summed E-state index contributed by atoms with van der Waals surface area (Å²) in [5, 5.41) is 0. The first-order valence-electron chi connectivity index (χ1n) is 11.7. The highest BCUT2D eigenvalue weighted by atomic mass is 19.1. The summed E-state index contributed by atoms with van der Waals surface area (Å²) in [6.07, 6.45) is 3.52. The van der Waals surface area contributed by atoms with Crippen LogP contribution >= 0.6 is 0 Å². The van der Waals surface area contributed by atoms with Crippen LogP contribution in [0.2, 0.25) is 0 Å². The van der Waals surface area contributed by atoms with Gasteiger partial charge in [0.05, 0.1) is 32.6 Å². The Kier molecular flexibility index (Phi) is 9.90. The number of rotatable bonds is 12. The summed E-state index contributed by atoms with van der Waals surface area (Å²) < 4.78 is 24.2. The average Bonchev–Trinajstić information content (AvgIpc) is 3.33. The lowest BCUT2D eigenvalue weighted by Gasteiger charge is -2.29. The van der Waals surface area contributed by atoms with Gasteiger partial charge in [0, 0.05) is 39.1 Å². The minimum absolute atomic E-state index is 0.00689. The summed E-state index contributed by atoms with van der Waals surface area (Å²) in [5.41, 5.74) is 0.815. The van der Waals surface area contributed by atoms with E-state index in [0.29, 0.717) is 25.3 Å². The maximum atomic E-state index is 13.3. The molecule has 1 aromatic heterocycles. The third-order valence-corrected chi connectivity index (χ3v) is 5.71. The fourth-order valence-corrected chi connectivity index (χ4v) is 3.87. The minimum Gasteiger partial charge on any atom is -0.467 e. The Morgan fingerprint density at radius 1 is 1.03 bits per heavy atom. The summed E-state index contributed by atoms with van der Waals surface area (Å²) in [4.78, 5) is 31.7. The number of carbonyl (C=O) groups excluding carboxylic acids is 2. The van der Waals surface area contributed by atoms with E-state index in [1.165, 1.54) is 12.1 Å². The highest BCUT2D eigenvalue weighted by Gasteiger charge is 2.22. The Morgan fingerprint density at radius 3 is 2.45 bits per heavy atom. The molecule has 0 saturated carbocycles. The Bertz CT molecular complexity index is 851. The molecule has 3 rings (SSSR count). The molecular weight excluding hydrogens is 425 g/mol. The Morgan fingerprint density at radius 2 is 1.79 bits per heavy atom. The van der Waals surface area contributed by atoms with Gasteiger partial charge in [-0.25, -0.2) is 4.39 Å². The van der Waals surface area contributed by atoms with Gasteiger partial charge in [-0.2, -0.15) is 0 Å². The minimum atomic E-state index is -0.320. The highest BCUT2D eigenvalue weighted by molar-refractivity contribution is 5.84. The number of hydrogen-bond acceptors (Lipinski definition) is 5. The predicted molar refractivity (Wildman–Crippen MR) is 123 cm³/mol. The molecule has 1 aromatic carbocycles. The van der Waals surface area contributed by atoms with Crippen molar-refractivity contribution in [3.05, 3.63) is 59.8 Å². The van der Waals surface area contributed by atoms with Crippen molar-refractivity contribution in [3.63, 3.8) is 0 Å². The molecule has 33 heavy (non-hydrogen) atoms. The predicted octanol–water partition coefficient (Wildman–Crippen LogP) is 3.30. The zero-order valence-corrected chi connectivity index (χ0v) is 19.4. The molecule has 1 saturated heterocycles. The van der Waals surface area contributed by atoms with E-state index in [1.807, 2.05) is 13.0 Å². The van der Waals surface area contributed by atoms with E-state index >= 15 is 0 Å². The van der Waals surface area contributed by atoms with Crippen LogP contribution in [0, 0.1) is 5.82 Å². The van der Waals surface area contributed by atoms with Gasteiger partial charge in [0.1, 0.15) is 11.6 Å². The molecule has 7 nitrogen and oxygen atoms in total. The molecule has 8 heteroatoms. The second-order valence-electron chi connectivity index (χ2n) is 8.33. The number of ether oxygens (including phenoxy) is 1. The number of benzene rings is 1. The standard InChI is InChI=1S/C25H34FN3O4/c1-2-5-24(30)28(12-4-11-27-13-16-32-17-14-27)20-25(31)29(19-23-6-3-15-33-23)18-21-7-9-22(26)10-8-21/h3,6-10,15H,2,4-5,11-14,16-20H2,1H3. The van der Waals surface area contributed by atoms with Gasteiger partial charge < -0.3 is 19.0 Å². The summed E-state index contributed by atoms with van der Waals surface area (Å²) in [6.45, 7) is 7.26. The van der Waals surface area contributed by atoms with Crippen LogP contribution in [0.5, 0.6) is 0 Å². The lowest BCUT2D eigenvalue weighted by molar-refractivity contribution is -0.141. The topological polar surface area (TPSA) is 66.2 Å². The molecule has 1 fully saturated rings. The fourth-order valence-electron chi connectivity index (χ4n) is 3.87. The van der Waals surface area contributed by atoms with Crippen molar-refractivity contribution < 1.29 is 23.1 Å². The molecule has 0 aliphatic carbocycles. The first-order chi connectivity index (χ1) is 16.0. The second kappa shape index (κ2) is 13.1. The molecule has 180 valence electrons. The van der Waals surface area contributed by atoms with Crippen LogP contribution in [0.15, 0.2) is 47.1 Å². The molecule has 2 heterocycles. The molecule has 2 amide bonds. The van der Waals surface area contributed by atoms with Gasteiger partial charge in [0.2, 0.25) is 11.8 Å². The van der Waals surface area contributed by atoms with Crippen LogP contribution in [0.4, 0.5) is 4.39 Å². The van der Waals surface area contributed by atoms with E-state index in [9.17, 15) is 14.0 Å². The first-order valence-corrected chi connectivity index (χ1v) is 11.7. The molecule has 1 aliphatic rings. The highest BCUT2D eigenvalue weighted by Crippen LogP contribution is 2.13.